The highest BCUT2D eigenvalue weighted by Crippen LogP contribution is 2.24. The highest BCUT2D eigenvalue weighted by atomic mass is 16.5. The summed E-state index contributed by atoms with van der Waals surface area (Å²) in [7, 11) is 0. The molecule has 0 aliphatic rings. The molecule has 0 saturated heterocycles. The quantitative estimate of drug-likeness (QED) is 0.783. The number of hydrogen-bond donors (Lipinski definition) is 1. The molecule has 4 nitrogen and oxygen atoms in total. The fourth-order valence-electron chi connectivity index (χ4n) is 1.67. The van der Waals surface area contributed by atoms with Gasteiger partial charge in [0.25, 0.3) is 0 Å². The van der Waals surface area contributed by atoms with Gasteiger partial charge in [-0.05, 0) is 38.8 Å². The van der Waals surface area contributed by atoms with E-state index in [1.165, 1.54) is 0 Å². The number of hydrogen-bond acceptors (Lipinski definition) is 4. The number of aromatic nitrogens is 1. The van der Waals surface area contributed by atoms with Gasteiger partial charge in [-0.2, -0.15) is 0 Å². The number of rotatable bonds is 8. The Bertz CT molecular complexity index is 367. The predicted octanol–water partition coefficient (Wildman–Crippen LogP) is 3.34. The number of anilines is 1. The van der Waals surface area contributed by atoms with Gasteiger partial charge >= 0.3 is 0 Å². The Hall–Kier alpha value is -1.29. The molecule has 19 heavy (non-hydrogen) atoms. The van der Waals surface area contributed by atoms with Gasteiger partial charge in [-0.25, -0.2) is 4.98 Å². The molecule has 0 aliphatic carbocycles. The second-order valence-corrected chi connectivity index (χ2v) is 5.17. The van der Waals surface area contributed by atoms with Crippen LogP contribution in [-0.4, -0.2) is 30.3 Å². The van der Waals surface area contributed by atoms with E-state index in [9.17, 15) is 0 Å². The normalized spacial score (nSPS) is 12.8. The lowest BCUT2D eigenvalue weighted by molar-refractivity contribution is 0.126. The summed E-state index contributed by atoms with van der Waals surface area (Å²) < 4.78 is 11.3. The average Bonchev–Trinajstić information content (AvgIpc) is 2.35. The zero-order chi connectivity index (χ0) is 14.3. The Morgan fingerprint density at radius 2 is 2.00 bits per heavy atom. The Labute approximate surface area is 116 Å². The molecule has 0 spiro atoms. The van der Waals surface area contributed by atoms with Gasteiger partial charge in [0.1, 0.15) is 0 Å². The van der Waals surface area contributed by atoms with Crippen LogP contribution in [0.5, 0.6) is 5.75 Å². The number of nitrogens with zero attached hydrogens (tertiary/aromatic N) is 1. The summed E-state index contributed by atoms with van der Waals surface area (Å²) in [6, 6.07) is 4.05. The zero-order valence-electron chi connectivity index (χ0n) is 12.6. The maximum absolute atomic E-state index is 5.76. The third-order valence-corrected chi connectivity index (χ3v) is 2.76. The van der Waals surface area contributed by atoms with Gasteiger partial charge in [-0.1, -0.05) is 13.8 Å². The first-order valence-electron chi connectivity index (χ1n) is 7.00. The Balaban J connectivity index is 2.77. The summed E-state index contributed by atoms with van der Waals surface area (Å²) in [5.74, 6) is 2.04. The molecule has 1 rings (SSSR count). The molecule has 0 bridgehead atoms. The first kappa shape index (κ1) is 15.8. The maximum atomic E-state index is 5.76. The third-order valence-electron chi connectivity index (χ3n) is 2.76. The van der Waals surface area contributed by atoms with Crippen molar-refractivity contribution in [1.29, 1.82) is 0 Å². The number of nitrogens with one attached hydrogen (secondary N) is 1. The van der Waals surface area contributed by atoms with E-state index in [-0.39, 0.29) is 12.1 Å². The van der Waals surface area contributed by atoms with Crippen LogP contribution in [0.15, 0.2) is 18.3 Å². The van der Waals surface area contributed by atoms with Gasteiger partial charge < -0.3 is 14.8 Å². The fraction of sp³-hybridized carbons (Fsp3) is 0.667. The summed E-state index contributed by atoms with van der Waals surface area (Å²) in [6.45, 7) is 11.8. The van der Waals surface area contributed by atoms with Gasteiger partial charge in [0, 0.05) is 12.8 Å². The Morgan fingerprint density at radius 3 is 2.58 bits per heavy atom. The minimum atomic E-state index is 0.133. The van der Waals surface area contributed by atoms with Crippen LogP contribution in [0.25, 0.3) is 0 Å². The third kappa shape index (κ3) is 5.47. The van der Waals surface area contributed by atoms with Crippen LogP contribution in [-0.2, 0) is 4.74 Å². The van der Waals surface area contributed by atoms with E-state index < -0.39 is 0 Å². The summed E-state index contributed by atoms with van der Waals surface area (Å²) in [4.78, 5) is 4.37. The molecule has 1 aromatic rings. The van der Waals surface area contributed by atoms with Crippen LogP contribution in [0.1, 0.15) is 34.6 Å². The van der Waals surface area contributed by atoms with E-state index in [0.717, 1.165) is 18.2 Å². The van der Waals surface area contributed by atoms with E-state index in [0.29, 0.717) is 12.5 Å². The number of ether oxygens (including phenoxy) is 2. The van der Waals surface area contributed by atoms with Crippen molar-refractivity contribution < 1.29 is 9.47 Å². The SMILES string of the molecule is CCOCC(Nc1ncccc1OC(C)C)C(C)C. The van der Waals surface area contributed by atoms with Crippen molar-refractivity contribution in [3.8, 4) is 5.75 Å². The van der Waals surface area contributed by atoms with E-state index in [1.807, 2.05) is 32.9 Å². The maximum Gasteiger partial charge on any atom is 0.169 e. The van der Waals surface area contributed by atoms with Crippen molar-refractivity contribution in [2.75, 3.05) is 18.5 Å². The lowest BCUT2D eigenvalue weighted by Gasteiger charge is -2.24. The minimum Gasteiger partial charge on any atom is -0.487 e. The van der Waals surface area contributed by atoms with Crippen LogP contribution in [0.2, 0.25) is 0 Å². The first-order valence-corrected chi connectivity index (χ1v) is 7.00. The first-order chi connectivity index (χ1) is 9.04. The van der Waals surface area contributed by atoms with Gasteiger partial charge in [0.2, 0.25) is 0 Å². The van der Waals surface area contributed by atoms with Gasteiger partial charge in [-0.15, -0.1) is 0 Å². The van der Waals surface area contributed by atoms with E-state index in [1.54, 1.807) is 6.20 Å². The Kier molecular flexibility index (Phi) is 6.64. The van der Waals surface area contributed by atoms with Crippen molar-refractivity contribution in [1.82, 2.24) is 4.98 Å². The molecule has 0 radical (unpaired) electrons. The van der Waals surface area contributed by atoms with Crippen molar-refractivity contribution in [3.05, 3.63) is 18.3 Å². The molecule has 4 heteroatoms. The molecule has 108 valence electrons. The van der Waals surface area contributed by atoms with Crippen molar-refractivity contribution in [2.45, 2.75) is 46.8 Å². The monoisotopic (exact) mass is 266 g/mol. The van der Waals surface area contributed by atoms with Crippen molar-refractivity contribution in [3.63, 3.8) is 0 Å². The molecule has 1 unspecified atom stereocenters. The second-order valence-electron chi connectivity index (χ2n) is 5.17. The lowest BCUT2D eigenvalue weighted by Crippen LogP contribution is -2.31. The number of pyridine rings is 1. The summed E-state index contributed by atoms with van der Waals surface area (Å²) in [5.41, 5.74) is 0. The molecule has 0 aliphatic heterocycles. The largest absolute Gasteiger partial charge is 0.487 e. The molecule has 0 amide bonds. The molecule has 0 fully saturated rings. The summed E-state index contributed by atoms with van der Waals surface area (Å²) in [6.07, 6.45) is 1.90. The van der Waals surface area contributed by atoms with Crippen LogP contribution in [0.3, 0.4) is 0 Å². The summed E-state index contributed by atoms with van der Waals surface area (Å²) >= 11 is 0. The molecule has 0 saturated carbocycles. The fourth-order valence-corrected chi connectivity index (χ4v) is 1.67. The van der Waals surface area contributed by atoms with Crippen LogP contribution in [0, 0.1) is 5.92 Å². The Morgan fingerprint density at radius 1 is 1.26 bits per heavy atom. The highest BCUT2D eigenvalue weighted by molar-refractivity contribution is 5.50. The smallest absolute Gasteiger partial charge is 0.169 e. The molecule has 1 atom stereocenters. The van der Waals surface area contributed by atoms with Gasteiger partial charge in [0.15, 0.2) is 11.6 Å². The van der Waals surface area contributed by atoms with E-state index in [2.05, 4.69) is 24.1 Å². The average molecular weight is 266 g/mol. The van der Waals surface area contributed by atoms with Crippen LogP contribution < -0.4 is 10.1 Å². The molecular weight excluding hydrogens is 240 g/mol. The zero-order valence-corrected chi connectivity index (χ0v) is 12.6. The van der Waals surface area contributed by atoms with Crippen molar-refractivity contribution in [2.24, 2.45) is 5.92 Å². The van der Waals surface area contributed by atoms with Crippen LogP contribution >= 0.6 is 0 Å². The molecular formula is C15H26N2O2. The minimum absolute atomic E-state index is 0.133. The summed E-state index contributed by atoms with van der Waals surface area (Å²) in [5, 5.41) is 3.43. The standard InChI is InChI=1S/C15H26N2O2/c1-6-18-10-13(11(2)3)17-15-14(19-12(4)5)8-7-9-16-15/h7-9,11-13H,6,10H2,1-5H3,(H,16,17). The van der Waals surface area contributed by atoms with E-state index in [4.69, 9.17) is 9.47 Å². The second kappa shape index (κ2) is 8.00. The predicted molar refractivity (Wildman–Crippen MR) is 78.7 cm³/mol. The van der Waals surface area contributed by atoms with Crippen molar-refractivity contribution >= 4 is 5.82 Å². The van der Waals surface area contributed by atoms with Crippen LogP contribution in [0.4, 0.5) is 5.82 Å². The lowest BCUT2D eigenvalue weighted by atomic mass is 10.1. The van der Waals surface area contributed by atoms with E-state index >= 15 is 0 Å². The van der Waals surface area contributed by atoms with Gasteiger partial charge in [0.05, 0.1) is 18.8 Å². The highest BCUT2D eigenvalue weighted by Gasteiger charge is 2.16. The van der Waals surface area contributed by atoms with Gasteiger partial charge in [-0.3, -0.25) is 0 Å². The topological polar surface area (TPSA) is 43.4 Å². The molecule has 0 aromatic carbocycles. The molecule has 1 heterocycles. The molecule has 1 aromatic heterocycles. The molecule has 1 N–H and O–H groups in total.